The van der Waals surface area contributed by atoms with Gasteiger partial charge in [-0.2, -0.15) is 0 Å². The number of carbonyl (C=O) groups is 3. The third kappa shape index (κ3) is 2.05. The fourth-order valence-corrected chi connectivity index (χ4v) is 3.49. The van der Waals surface area contributed by atoms with Gasteiger partial charge in [-0.15, -0.1) is 0 Å². The number of pyridine rings is 1. The largest absolute Gasteiger partial charge is 0.326 e. The topological polar surface area (TPSA) is 88.5 Å². The summed E-state index contributed by atoms with van der Waals surface area (Å²) in [5.74, 6) is -1.38. The highest BCUT2D eigenvalue weighted by molar-refractivity contribution is 6.30. The first kappa shape index (κ1) is 15.6. The fraction of sp³-hybridized carbons (Fsp3) is 0.176. The molecule has 0 radical (unpaired) electrons. The minimum Gasteiger partial charge on any atom is -0.326 e. The SMILES string of the molecule is CC1(CN2C(=O)c3ccccc3C2=O)NC(=O)c2ccc(Cl)c(=O)n21. The first-order valence-corrected chi connectivity index (χ1v) is 7.91. The van der Waals surface area contributed by atoms with Gasteiger partial charge in [0.05, 0.1) is 17.7 Å². The number of aromatic nitrogens is 1. The van der Waals surface area contributed by atoms with Crippen molar-refractivity contribution in [2.24, 2.45) is 0 Å². The molecule has 1 aromatic heterocycles. The monoisotopic (exact) mass is 357 g/mol. The molecule has 25 heavy (non-hydrogen) atoms. The number of halogens is 1. The molecule has 4 rings (SSSR count). The molecule has 3 heterocycles. The van der Waals surface area contributed by atoms with Crippen LogP contribution in [0.1, 0.15) is 38.1 Å². The first-order valence-electron chi connectivity index (χ1n) is 7.53. The van der Waals surface area contributed by atoms with E-state index in [0.29, 0.717) is 11.1 Å². The minimum atomic E-state index is -1.28. The van der Waals surface area contributed by atoms with Gasteiger partial charge in [-0.25, -0.2) is 0 Å². The zero-order valence-corrected chi connectivity index (χ0v) is 13.8. The number of fused-ring (bicyclic) bond motifs is 2. The van der Waals surface area contributed by atoms with Crippen LogP contribution in [0.5, 0.6) is 0 Å². The van der Waals surface area contributed by atoms with Crippen molar-refractivity contribution < 1.29 is 14.4 Å². The van der Waals surface area contributed by atoms with Crippen LogP contribution in [-0.4, -0.2) is 33.7 Å². The molecule has 2 aromatic rings. The van der Waals surface area contributed by atoms with Crippen molar-refractivity contribution in [1.82, 2.24) is 14.8 Å². The van der Waals surface area contributed by atoms with E-state index in [2.05, 4.69) is 5.32 Å². The summed E-state index contributed by atoms with van der Waals surface area (Å²) in [4.78, 5) is 50.8. The van der Waals surface area contributed by atoms with E-state index >= 15 is 0 Å². The van der Waals surface area contributed by atoms with Crippen LogP contribution < -0.4 is 10.9 Å². The van der Waals surface area contributed by atoms with Crippen molar-refractivity contribution in [1.29, 1.82) is 0 Å². The Morgan fingerprint density at radius 2 is 1.60 bits per heavy atom. The maximum absolute atomic E-state index is 12.6. The summed E-state index contributed by atoms with van der Waals surface area (Å²) in [6.45, 7) is 1.39. The average Bonchev–Trinajstić information content (AvgIpc) is 2.98. The second-order valence-corrected chi connectivity index (χ2v) is 6.58. The molecule has 7 nitrogen and oxygen atoms in total. The Balaban J connectivity index is 1.78. The molecule has 1 atom stereocenters. The Bertz CT molecular complexity index is 994. The lowest BCUT2D eigenvalue weighted by Crippen LogP contribution is -2.54. The molecule has 1 aromatic carbocycles. The van der Waals surface area contributed by atoms with Crippen LogP contribution in [0.15, 0.2) is 41.2 Å². The quantitative estimate of drug-likeness (QED) is 0.818. The van der Waals surface area contributed by atoms with Crippen LogP contribution in [0.2, 0.25) is 5.02 Å². The summed E-state index contributed by atoms with van der Waals surface area (Å²) in [6, 6.07) is 9.28. The lowest BCUT2D eigenvalue weighted by molar-refractivity contribution is 0.0558. The van der Waals surface area contributed by atoms with E-state index in [1.807, 2.05) is 0 Å². The third-order valence-corrected chi connectivity index (χ3v) is 4.78. The molecule has 126 valence electrons. The molecule has 0 bridgehead atoms. The van der Waals surface area contributed by atoms with Gasteiger partial charge in [-0.3, -0.25) is 28.6 Å². The van der Waals surface area contributed by atoms with Gasteiger partial charge < -0.3 is 5.32 Å². The molecule has 1 unspecified atom stereocenters. The molecule has 8 heteroatoms. The Morgan fingerprint density at radius 1 is 1.00 bits per heavy atom. The van der Waals surface area contributed by atoms with Crippen molar-refractivity contribution in [2.45, 2.75) is 12.6 Å². The van der Waals surface area contributed by atoms with Gasteiger partial charge in [0.25, 0.3) is 23.3 Å². The smallest absolute Gasteiger partial charge is 0.271 e. The van der Waals surface area contributed by atoms with Gasteiger partial charge in [-0.1, -0.05) is 23.7 Å². The minimum absolute atomic E-state index is 0.0474. The number of carbonyl (C=O) groups excluding carboxylic acids is 3. The molecule has 0 aliphatic carbocycles. The zero-order valence-electron chi connectivity index (χ0n) is 13.1. The predicted octanol–water partition coefficient (Wildman–Crippen LogP) is 1.21. The Morgan fingerprint density at radius 3 is 2.20 bits per heavy atom. The van der Waals surface area contributed by atoms with Crippen LogP contribution in [0.4, 0.5) is 0 Å². The van der Waals surface area contributed by atoms with Crippen LogP contribution in [0.3, 0.4) is 0 Å². The van der Waals surface area contributed by atoms with Crippen LogP contribution >= 0.6 is 11.6 Å². The summed E-state index contributed by atoms with van der Waals surface area (Å²) >= 11 is 5.89. The van der Waals surface area contributed by atoms with E-state index in [1.165, 1.54) is 16.7 Å². The van der Waals surface area contributed by atoms with Crippen LogP contribution in [0, 0.1) is 0 Å². The first-order chi connectivity index (χ1) is 11.8. The number of nitrogens with zero attached hydrogens (tertiary/aromatic N) is 2. The van der Waals surface area contributed by atoms with E-state index < -0.39 is 28.9 Å². The lowest BCUT2D eigenvalue weighted by atomic mass is 10.1. The van der Waals surface area contributed by atoms with Gasteiger partial charge in [0.1, 0.15) is 16.4 Å². The molecule has 0 saturated heterocycles. The maximum atomic E-state index is 12.6. The highest BCUT2D eigenvalue weighted by Gasteiger charge is 2.46. The normalized spacial score (nSPS) is 21.4. The van der Waals surface area contributed by atoms with Crippen molar-refractivity contribution >= 4 is 29.3 Å². The zero-order chi connectivity index (χ0) is 17.9. The van der Waals surface area contributed by atoms with Gasteiger partial charge in [-0.05, 0) is 31.2 Å². The van der Waals surface area contributed by atoms with E-state index in [-0.39, 0.29) is 17.3 Å². The van der Waals surface area contributed by atoms with E-state index in [9.17, 15) is 19.2 Å². The summed E-state index contributed by atoms with van der Waals surface area (Å²) in [6.07, 6.45) is 0. The number of hydrogen-bond donors (Lipinski definition) is 1. The number of nitrogens with one attached hydrogen (secondary N) is 1. The predicted molar refractivity (Wildman–Crippen MR) is 88.6 cm³/mol. The number of imide groups is 1. The molecular formula is C17H12ClN3O4. The maximum Gasteiger partial charge on any atom is 0.271 e. The third-order valence-electron chi connectivity index (χ3n) is 4.49. The average molecular weight is 358 g/mol. The molecule has 2 aliphatic rings. The van der Waals surface area contributed by atoms with Crippen LogP contribution in [0.25, 0.3) is 0 Å². The van der Waals surface area contributed by atoms with Crippen LogP contribution in [-0.2, 0) is 5.66 Å². The lowest BCUT2D eigenvalue weighted by Gasteiger charge is -2.30. The standard InChI is InChI=1S/C17H12ClN3O4/c1-17(19-13(22)12-7-6-11(18)16(25)21(12)17)8-20-14(23)9-4-2-3-5-10(9)15(20)24/h2-7H,8H2,1H3,(H,19,22). The molecule has 1 N–H and O–H groups in total. The highest BCUT2D eigenvalue weighted by Crippen LogP contribution is 2.28. The number of amides is 3. The second-order valence-electron chi connectivity index (χ2n) is 6.18. The van der Waals surface area contributed by atoms with Crippen molar-refractivity contribution in [2.75, 3.05) is 6.54 Å². The Hall–Kier alpha value is -2.93. The highest BCUT2D eigenvalue weighted by atomic mass is 35.5. The molecule has 3 amide bonds. The molecule has 0 saturated carbocycles. The summed E-state index contributed by atoms with van der Waals surface area (Å²) in [5.41, 5.74) is -1.09. The molecule has 0 spiro atoms. The van der Waals surface area contributed by atoms with Crippen molar-refractivity contribution in [3.8, 4) is 0 Å². The number of rotatable bonds is 2. The Kier molecular flexibility index (Phi) is 3.14. The second kappa shape index (κ2) is 5.03. The van der Waals surface area contributed by atoms with Gasteiger partial charge >= 0.3 is 0 Å². The summed E-state index contributed by atoms with van der Waals surface area (Å²) < 4.78 is 1.20. The summed E-state index contributed by atoms with van der Waals surface area (Å²) in [5, 5.41) is 2.63. The van der Waals surface area contributed by atoms with Gasteiger partial charge in [0, 0.05) is 0 Å². The molecule has 2 aliphatic heterocycles. The fourth-order valence-electron chi connectivity index (χ4n) is 3.35. The summed E-state index contributed by atoms with van der Waals surface area (Å²) in [7, 11) is 0. The Labute approximate surface area is 146 Å². The van der Waals surface area contributed by atoms with Crippen molar-refractivity contribution in [3.63, 3.8) is 0 Å². The van der Waals surface area contributed by atoms with Gasteiger partial charge in [0.2, 0.25) is 0 Å². The molecular weight excluding hydrogens is 346 g/mol. The van der Waals surface area contributed by atoms with Crippen molar-refractivity contribution in [3.05, 3.63) is 68.6 Å². The number of benzene rings is 1. The van der Waals surface area contributed by atoms with E-state index in [0.717, 1.165) is 4.90 Å². The van der Waals surface area contributed by atoms with E-state index in [4.69, 9.17) is 11.6 Å². The van der Waals surface area contributed by atoms with Gasteiger partial charge in [0.15, 0.2) is 0 Å². The van der Waals surface area contributed by atoms with E-state index in [1.54, 1.807) is 31.2 Å². The number of hydrogen-bond acceptors (Lipinski definition) is 4. The molecule has 0 fully saturated rings.